The number of nitrogens with one attached hydrogen (secondary N) is 1. The molecule has 0 atom stereocenters. The quantitative estimate of drug-likeness (QED) is 0.844. The second-order valence-corrected chi connectivity index (χ2v) is 6.35. The van der Waals surface area contributed by atoms with Crippen LogP contribution in [0.15, 0.2) is 54.6 Å². The molecule has 2 aliphatic rings. The van der Waals surface area contributed by atoms with Crippen LogP contribution in [0.4, 0.5) is 0 Å². The summed E-state index contributed by atoms with van der Waals surface area (Å²) < 4.78 is 6.36. The molecule has 2 heterocycles. The van der Waals surface area contributed by atoms with Gasteiger partial charge in [-0.1, -0.05) is 44.2 Å². The summed E-state index contributed by atoms with van der Waals surface area (Å²) in [4.78, 5) is 11.1. The van der Waals surface area contributed by atoms with Crippen molar-refractivity contribution in [3.63, 3.8) is 0 Å². The van der Waals surface area contributed by atoms with E-state index in [2.05, 4.69) is 17.5 Å². The van der Waals surface area contributed by atoms with Crippen molar-refractivity contribution < 1.29 is 14.6 Å². The van der Waals surface area contributed by atoms with Crippen LogP contribution in [0, 0.1) is 0 Å². The van der Waals surface area contributed by atoms with Gasteiger partial charge in [-0.3, -0.25) is 0 Å². The van der Waals surface area contributed by atoms with E-state index < -0.39 is 5.97 Å². The number of aromatic carboxylic acids is 1. The van der Waals surface area contributed by atoms with Crippen molar-refractivity contribution in [2.45, 2.75) is 32.3 Å². The van der Waals surface area contributed by atoms with E-state index in [9.17, 15) is 4.79 Å². The van der Waals surface area contributed by atoms with Crippen molar-refractivity contribution in [1.29, 1.82) is 0 Å². The van der Waals surface area contributed by atoms with Gasteiger partial charge in [0.2, 0.25) is 0 Å². The van der Waals surface area contributed by atoms with Crippen LogP contribution in [-0.4, -0.2) is 29.8 Å². The van der Waals surface area contributed by atoms with Crippen molar-refractivity contribution >= 4 is 11.5 Å². The summed E-state index contributed by atoms with van der Waals surface area (Å²) in [5.74, 6) is -0.00283. The van der Waals surface area contributed by atoms with Crippen LogP contribution in [0.2, 0.25) is 0 Å². The first-order valence-corrected chi connectivity index (χ1v) is 9.23. The number of benzene rings is 2. The van der Waals surface area contributed by atoms with Crippen LogP contribution in [0.5, 0.6) is 5.75 Å². The van der Waals surface area contributed by atoms with Gasteiger partial charge in [-0.15, -0.1) is 0 Å². The normalized spacial score (nSPS) is 17.2. The molecule has 1 saturated heterocycles. The molecule has 0 aliphatic carbocycles. The average molecular weight is 351 g/mol. The second kappa shape index (κ2) is 7.75. The first-order chi connectivity index (χ1) is 12.7. The van der Waals surface area contributed by atoms with Crippen molar-refractivity contribution in [2.75, 3.05) is 13.1 Å². The Balaban J connectivity index is 0.000000948. The number of fused-ring (bicyclic) bond motifs is 1. The first-order valence-electron chi connectivity index (χ1n) is 9.23. The Morgan fingerprint density at radius 3 is 2.35 bits per heavy atom. The minimum absolute atomic E-state index is 0.277. The zero-order valence-corrected chi connectivity index (χ0v) is 15.3. The molecular weight excluding hydrogens is 326 g/mol. The second-order valence-electron chi connectivity index (χ2n) is 6.35. The fourth-order valence-corrected chi connectivity index (χ4v) is 3.49. The number of hydrogen-bond donors (Lipinski definition) is 2. The third-order valence-corrected chi connectivity index (χ3v) is 4.79. The van der Waals surface area contributed by atoms with Crippen LogP contribution in [0.3, 0.4) is 0 Å². The summed E-state index contributed by atoms with van der Waals surface area (Å²) in [6.07, 6.45) is 4.09. The van der Waals surface area contributed by atoms with E-state index in [1.807, 2.05) is 44.2 Å². The monoisotopic (exact) mass is 351 g/mol. The molecule has 4 rings (SSSR count). The molecule has 0 unspecified atom stereocenters. The van der Waals surface area contributed by atoms with Crippen molar-refractivity contribution in [2.24, 2.45) is 0 Å². The third-order valence-electron chi connectivity index (χ3n) is 4.79. The van der Waals surface area contributed by atoms with Gasteiger partial charge in [-0.2, -0.15) is 0 Å². The van der Waals surface area contributed by atoms with Gasteiger partial charge in [0.25, 0.3) is 0 Å². The average Bonchev–Trinajstić information content (AvgIpc) is 2.69. The lowest BCUT2D eigenvalue weighted by molar-refractivity contribution is 0.0696. The van der Waals surface area contributed by atoms with Crippen LogP contribution in [-0.2, 0) is 0 Å². The van der Waals surface area contributed by atoms with Crippen LogP contribution < -0.4 is 10.1 Å². The number of carboxylic acid groups (broad SMARTS) is 1. The highest BCUT2D eigenvalue weighted by molar-refractivity contribution is 5.90. The molecule has 1 spiro atoms. The van der Waals surface area contributed by atoms with E-state index in [1.165, 1.54) is 0 Å². The zero-order chi connectivity index (χ0) is 18.6. The molecular formula is C22H25NO3. The topological polar surface area (TPSA) is 58.6 Å². The summed E-state index contributed by atoms with van der Waals surface area (Å²) in [6.45, 7) is 5.87. The van der Waals surface area contributed by atoms with E-state index in [0.717, 1.165) is 48.4 Å². The van der Waals surface area contributed by atoms with Gasteiger partial charge in [0.1, 0.15) is 11.4 Å². The molecule has 2 aromatic carbocycles. The molecule has 136 valence electrons. The summed E-state index contributed by atoms with van der Waals surface area (Å²) in [6, 6.07) is 15.1. The first kappa shape index (κ1) is 18.2. The van der Waals surface area contributed by atoms with Gasteiger partial charge >= 0.3 is 5.97 Å². The number of hydrogen-bond acceptors (Lipinski definition) is 3. The van der Waals surface area contributed by atoms with E-state index in [1.54, 1.807) is 12.1 Å². The number of rotatable bonds is 2. The van der Waals surface area contributed by atoms with Gasteiger partial charge in [0.05, 0.1) is 5.56 Å². The molecule has 2 aliphatic heterocycles. The predicted molar refractivity (Wildman–Crippen MR) is 104 cm³/mol. The Hall–Kier alpha value is -2.59. The number of carbonyl (C=O) groups is 1. The standard InChI is InChI=1S/C20H19NO3.C2H6/c22-19(23)15-7-5-14(6-8-15)17-13-20(9-11-21-12-10-20)24-18-4-2-1-3-16(17)18;1-2/h1-8,13,21H,9-12H2,(H,22,23);1-2H3. The van der Waals surface area contributed by atoms with Crippen LogP contribution in [0.1, 0.15) is 48.2 Å². The molecule has 0 bridgehead atoms. The Morgan fingerprint density at radius 1 is 1.04 bits per heavy atom. The van der Waals surface area contributed by atoms with E-state index >= 15 is 0 Å². The molecule has 4 nitrogen and oxygen atoms in total. The largest absolute Gasteiger partial charge is 0.482 e. The smallest absolute Gasteiger partial charge is 0.335 e. The molecule has 0 saturated carbocycles. The maximum Gasteiger partial charge on any atom is 0.335 e. The van der Waals surface area contributed by atoms with Crippen LogP contribution >= 0.6 is 0 Å². The van der Waals surface area contributed by atoms with Gasteiger partial charge in [-0.05, 0) is 48.5 Å². The Kier molecular flexibility index (Phi) is 5.43. The van der Waals surface area contributed by atoms with E-state index in [4.69, 9.17) is 9.84 Å². The number of para-hydroxylation sites is 1. The highest BCUT2D eigenvalue weighted by atomic mass is 16.5. The lowest BCUT2D eigenvalue weighted by Gasteiger charge is -2.40. The number of ether oxygens (including phenoxy) is 1. The van der Waals surface area contributed by atoms with Gasteiger partial charge in [-0.25, -0.2) is 4.79 Å². The minimum Gasteiger partial charge on any atom is -0.482 e. The lowest BCUT2D eigenvalue weighted by atomic mass is 9.83. The van der Waals surface area contributed by atoms with Gasteiger partial charge < -0.3 is 15.2 Å². The Labute approximate surface area is 154 Å². The summed E-state index contributed by atoms with van der Waals surface area (Å²) in [5, 5.41) is 12.5. The summed E-state index contributed by atoms with van der Waals surface area (Å²) >= 11 is 0. The highest BCUT2D eigenvalue weighted by Gasteiger charge is 2.36. The maximum atomic E-state index is 11.1. The van der Waals surface area contributed by atoms with Gasteiger partial charge in [0, 0.05) is 18.4 Å². The summed E-state index contributed by atoms with van der Waals surface area (Å²) in [7, 11) is 0. The fraction of sp³-hybridized carbons (Fsp3) is 0.318. The van der Waals surface area contributed by atoms with Crippen molar-refractivity contribution in [3.8, 4) is 5.75 Å². The molecule has 26 heavy (non-hydrogen) atoms. The van der Waals surface area contributed by atoms with Crippen molar-refractivity contribution in [1.82, 2.24) is 5.32 Å². The fourth-order valence-electron chi connectivity index (χ4n) is 3.49. The molecule has 0 aromatic heterocycles. The molecule has 0 amide bonds. The van der Waals surface area contributed by atoms with Gasteiger partial charge in [0.15, 0.2) is 0 Å². The maximum absolute atomic E-state index is 11.1. The number of carboxylic acids is 1. The minimum atomic E-state index is -0.905. The third kappa shape index (κ3) is 3.51. The van der Waals surface area contributed by atoms with Crippen LogP contribution in [0.25, 0.3) is 5.57 Å². The lowest BCUT2D eigenvalue weighted by Crippen LogP contribution is -2.46. The molecule has 4 heteroatoms. The Bertz CT molecular complexity index is 802. The molecule has 2 aromatic rings. The molecule has 0 radical (unpaired) electrons. The Morgan fingerprint density at radius 2 is 1.69 bits per heavy atom. The van der Waals surface area contributed by atoms with E-state index in [0.29, 0.717) is 5.56 Å². The SMILES string of the molecule is CC.O=C(O)c1ccc(C2=CC3(CCNCC3)Oc3ccccc32)cc1. The zero-order valence-electron chi connectivity index (χ0n) is 15.3. The molecule has 2 N–H and O–H groups in total. The predicted octanol–water partition coefficient (Wildman–Crippen LogP) is 4.36. The van der Waals surface area contributed by atoms with Crippen molar-refractivity contribution in [3.05, 3.63) is 71.3 Å². The summed E-state index contributed by atoms with van der Waals surface area (Å²) in [5.41, 5.74) is 3.23. The molecule has 1 fully saturated rings. The number of piperidine rings is 1. The highest BCUT2D eigenvalue weighted by Crippen LogP contribution is 2.42. The van der Waals surface area contributed by atoms with E-state index in [-0.39, 0.29) is 5.60 Å².